The van der Waals surface area contributed by atoms with Gasteiger partial charge in [0.1, 0.15) is 0 Å². The Labute approximate surface area is 129 Å². The lowest BCUT2D eigenvalue weighted by Gasteiger charge is -2.32. The van der Waals surface area contributed by atoms with Gasteiger partial charge in [-0.25, -0.2) is 0 Å². The smallest absolute Gasteiger partial charge is 0.0720 e. The summed E-state index contributed by atoms with van der Waals surface area (Å²) in [6, 6.07) is 8.69. The van der Waals surface area contributed by atoms with Crippen molar-refractivity contribution in [1.82, 2.24) is 5.32 Å². The molecule has 118 valence electrons. The lowest BCUT2D eigenvalue weighted by molar-refractivity contribution is -0.106. The fourth-order valence-electron chi connectivity index (χ4n) is 2.93. The number of hydrogen-bond acceptors (Lipinski definition) is 3. The van der Waals surface area contributed by atoms with E-state index in [1.54, 1.807) is 0 Å². The molecule has 0 spiro atoms. The molecular formula is C18H29NO2. The molecule has 1 aliphatic rings. The zero-order valence-corrected chi connectivity index (χ0v) is 13.6. The van der Waals surface area contributed by atoms with E-state index in [2.05, 4.69) is 50.4 Å². The maximum Gasteiger partial charge on any atom is 0.0720 e. The Kier molecular flexibility index (Phi) is 6.68. The molecule has 2 atom stereocenters. The van der Waals surface area contributed by atoms with Gasteiger partial charge in [-0.1, -0.05) is 31.2 Å². The van der Waals surface area contributed by atoms with Crippen molar-refractivity contribution in [2.45, 2.75) is 71.5 Å². The maximum atomic E-state index is 6.09. The summed E-state index contributed by atoms with van der Waals surface area (Å²) < 4.78 is 11.8. The lowest BCUT2D eigenvalue weighted by Crippen LogP contribution is -2.33. The molecule has 2 unspecified atom stereocenters. The Morgan fingerprint density at radius 3 is 2.62 bits per heavy atom. The van der Waals surface area contributed by atoms with Crippen LogP contribution in [0, 0.1) is 0 Å². The largest absolute Gasteiger partial charge is 0.375 e. The standard InChI is InChI=1S/C18H29NO2/c1-4-8-19-12-16-6-5-7-17(11-16)13-20-18-9-14(2)21-15(3)10-18/h5-7,11,14-15,18-19H,4,8-10,12-13H2,1-3H3. The van der Waals surface area contributed by atoms with Crippen LogP contribution in [0.15, 0.2) is 24.3 Å². The van der Waals surface area contributed by atoms with Crippen molar-refractivity contribution in [3.8, 4) is 0 Å². The van der Waals surface area contributed by atoms with Gasteiger partial charge in [0.05, 0.1) is 24.9 Å². The molecular weight excluding hydrogens is 262 g/mol. The number of hydrogen-bond donors (Lipinski definition) is 1. The Balaban J connectivity index is 1.81. The zero-order chi connectivity index (χ0) is 15.1. The molecule has 0 saturated carbocycles. The summed E-state index contributed by atoms with van der Waals surface area (Å²) in [4.78, 5) is 0. The Morgan fingerprint density at radius 2 is 1.90 bits per heavy atom. The van der Waals surface area contributed by atoms with Crippen LogP contribution < -0.4 is 5.32 Å². The SMILES string of the molecule is CCCNCc1cccc(COC2CC(C)OC(C)C2)c1. The topological polar surface area (TPSA) is 30.5 Å². The fraction of sp³-hybridized carbons (Fsp3) is 0.667. The molecule has 3 nitrogen and oxygen atoms in total. The average Bonchev–Trinajstić information content (AvgIpc) is 2.45. The molecule has 1 aromatic rings. The summed E-state index contributed by atoms with van der Waals surface area (Å²) in [7, 11) is 0. The fourth-order valence-corrected chi connectivity index (χ4v) is 2.93. The average molecular weight is 291 g/mol. The highest BCUT2D eigenvalue weighted by Crippen LogP contribution is 2.22. The van der Waals surface area contributed by atoms with Crippen molar-refractivity contribution in [1.29, 1.82) is 0 Å². The maximum absolute atomic E-state index is 6.09. The Morgan fingerprint density at radius 1 is 1.19 bits per heavy atom. The highest BCUT2D eigenvalue weighted by Gasteiger charge is 2.24. The third-order valence-corrected chi connectivity index (χ3v) is 3.89. The summed E-state index contributed by atoms with van der Waals surface area (Å²) in [5.41, 5.74) is 2.59. The van der Waals surface area contributed by atoms with Crippen LogP contribution in [0.3, 0.4) is 0 Å². The van der Waals surface area contributed by atoms with E-state index < -0.39 is 0 Å². The molecule has 2 rings (SSSR count). The highest BCUT2D eigenvalue weighted by atomic mass is 16.5. The van der Waals surface area contributed by atoms with Crippen molar-refractivity contribution < 1.29 is 9.47 Å². The van der Waals surface area contributed by atoms with E-state index in [4.69, 9.17) is 9.47 Å². The Hall–Kier alpha value is -0.900. The molecule has 1 saturated heterocycles. The van der Waals surface area contributed by atoms with E-state index in [0.29, 0.717) is 24.9 Å². The predicted molar refractivity (Wildman–Crippen MR) is 86.3 cm³/mol. The summed E-state index contributed by atoms with van der Waals surface area (Å²) in [6.07, 6.45) is 4.12. The number of benzene rings is 1. The first-order valence-electron chi connectivity index (χ1n) is 8.23. The second kappa shape index (κ2) is 8.52. The van der Waals surface area contributed by atoms with E-state index in [0.717, 1.165) is 25.9 Å². The molecule has 1 fully saturated rings. The minimum atomic E-state index is 0.309. The van der Waals surface area contributed by atoms with Crippen LogP contribution in [0.2, 0.25) is 0 Å². The van der Waals surface area contributed by atoms with E-state index in [9.17, 15) is 0 Å². The van der Waals surface area contributed by atoms with Crippen LogP contribution in [-0.2, 0) is 22.6 Å². The van der Waals surface area contributed by atoms with Gasteiger partial charge in [0.15, 0.2) is 0 Å². The van der Waals surface area contributed by atoms with Gasteiger partial charge < -0.3 is 14.8 Å². The van der Waals surface area contributed by atoms with E-state index in [-0.39, 0.29) is 0 Å². The van der Waals surface area contributed by atoms with Crippen molar-refractivity contribution in [2.75, 3.05) is 6.54 Å². The number of ether oxygens (including phenoxy) is 2. The predicted octanol–water partition coefficient (Wildman–Crippen LogP) is 3.66. The zero-order valence-electron chi connectivity index (χ0n) is 13.6. The first-order valence-corrected chi connectivity index (χ1v) is 8.23. The number of nitrogens with one attached hydrogen (secondary N) is 1. The molecule has 0 aliphatic carbocycles. The van der Waals surface area contributed by atoms with Crippen LogP contribution in [0.5, 0.6) is 0 Å². The first-order chi connectivity index (χ1) is 10.2. The van der Waals surface area contributed by atoms with Gasteiger partial charge in [-0.3, -0.25) is 0 Å². The third kappa shape index (κ3) is 5.77. The van der Waals surface area contributed by atoms with Crippen molar-refractivity contribution >= 4 is 0 Å². The van der Waals surface area contributed by atoms with Crippen molar-refractivity contribution in [3.05, 3.63) is 35.4 Å². The minimum absolute atomic E-state index is 0.309. The summed E-state index contributed by atoms with van der Waals surface area (Å²) in [6.45, 7) is 9.16. The molecule has 1 aliphatic heterocycles. The molecule has 0 radical (unpaired) electrons. The van der Waals surface area contributed by atoms with E-state index >= 15 is 0 Å². The van der Waals surface area contributed by atoms with E-state index in [1.807, 2.05) is 0 Å². The molecule has 1 heterocycles. The number of rotatable bonds is 7. The van der Waals surface area contributed by atoms with E-state index in [1.165, 1.54) is 17.5 Å². The van der Waals surface area contributed by atoms with Gasteiger partial charge in [-0.05, 0) is 50.8 Å². The van der Waals surface area contributed by atoms with Gasteiger partial charge in [0, 0.05) is 6.54 Å². The highest BCUT2D eigenvalue weighted by molar-refractivity contribution is 5.22. The molecule has 0 amide bonds. The molecule has 0 bridgehead atoms. The molecule has 21 heavy (non-hydrogen) atoms. The van der Waals surface area contributed by atoms with Gasteiger partial charge in [-0.15, -0.1) is 0 Å². The third-order valence-electron chi connectivity index (χ3n) is 3.89. The molecule has 0 aromatic heterocycles. The summed E-state index contributed by atoms with van der Waals surface area (Å²) >= 11 is 0. The molecule has 1 N–H and O–H groups in total. The van der Waals surface area contributed by atoms with Crippen LogP contribution in [0.25, 0.3) is 0 Å². The normalized spacial score (nSPS) is 26.0. The Bertz CT molecular complexity index is 411. The minimum Gasteiger partial charge on any atom is -0.375 e. The molecule has 3 heteroatoms. The monoisotopic (exact) mass is 291 g/mol. The van der Waals surface area contributed by atoms with Gasteiger partial charge in [0.25, 0.3) is 0 Å². The second-order valence-corrected chi connectivity index (χ2v) is 6.16. The quantitative estimate of drug-likeness (QED) is 0.778. The van der Waals surface area contributed by atoms with Crippen molar-refractivity contribution in [2.24, 2.45) is 0 Å². The van der Waals surface area contributed by atoms with Crippen LogP contribution >= 0.6 is 0 Å². The first kappa shape index (κ1) is 16.5. The summed E-state index contributed by atoms with van der Waals surface area (Å²) in [5.74, 6) is 0. The van der Waals surface area contributed by atoms with Crippen LogP contribution in [0.4, 0.5) is 0 Å². The van der Waals surface area contributed by atoms with Gasteiger partial charge >= 0.3 is 0 Å². The van der Waals surface area contributed by atoms with Crippen LogP contribution in [-0.4, -0.2) is 24.9 Å². The van der Waals surface area contributed by atoms with Gasteiger partial charge in [0.2, 0.25) is 0 Å². The lowest BCUT2D eigenvalue weighted by atomic mass is 10.0. The van der Waals surface area contributed by atoms with Crippen LogP contribution in [0.1, 0.15) is 51.2 Å². The van der Waals surface area contributed by atoms with Gasteiger partial charge in [-0.2, -0.15) is 0 Å². The van der Waals surface area contributed by atoms with Crippen molar-refractivity contribution in [3.63, 3.8) is 0 Å². The second-order valence-electron chi connectivity index (χ2n) is 6.16. The molecule has 1 aromatic carbocycles. The summed E-state index contributed by atoms with van der Waals surface area (Å²) in [5, 5.41) is 3.44.